The summed E-state index contributed by atoms with van der Waals surface area (Å²) in [6, 6.07) is 7.15. The summed E-state index contributed by atoms with van der Waals surface area (Å²) in [5, 5.41) is 0. The summed E-state index contributed by atoms with van der Waals surface area (Å²) in [5.74, 6) is 0.333. The van der Waals surface area contributed by atoms with Crippen LogP contribution in [0.2, 0.25) is 0 Å². The maximum atomic E-state index is 11.7. The number of rotatable bonds is 5. The molecule has 0 radical (unpaired) electrons. The molecule has 0 heterocycles. The van der Waals surface area contributed by atoms with Gasteiger partial charge in [0.1, 0.15) is 11.3 Å². The molecule has 2 N–H and O–H groups in total. The van der Waals surface area contributed by atoms with Gasteiger partial charge < -0.3 is 15.2 Å². The van der Waals surface area contributed by atoms with Crippen LogP contribution in [0.5, 0.6) is 5.75 Å². The molecule has 0 bridgehead atoms. The highest BCUT2D eigenvalue weighted by atomic mass is 16.5. The van der Waals surface area contributed by atoms with Crippen molar-refractivity contribution >= 4 is 5.97 Å². The lowest BCUT2D eigenvalue weighted by Gasteiger charge is -2.22. The second kappa shape index (κ2) is 5.68. The second-order valence-corrected chi connectivity index (χ2v) is 3.88. The average Bonchev–Trinajstić information content (AvgIpc) is 2.30. The molecule has 4 nitrogen and oxygen atoms in total. The third-order valence-electron chi connectivity index (χ3n) is 2.46. The van der Waals surface area contributed by atoms with Crippen molar-refractivity contribution < 1.29 is 14.3 Å². The van der Waals surface area contributed by atoms with Crippen LogP contribution in [0.4, 0.5) is 0 Å². The van der Waals surface area contributed by atoms with Crippen LogP contribution in [0.3, 0.4) is 0 Å². The normalized spacial score (nSPS) is 13.9. The summed E-state index contributed by atoms with van der Waals surface area (Å²) in [4.78, 5) is 11.7. The predicted octanol–water partition coefficient (Wildman–Crippen LogP) is 1.82. The monoisotopic (exact) mass is 237 g/mol. The number of hydrogen-bond acceptors (Lipinski definition) is 4. The van der Waals surface area contributed by atoms with Gasteiger partial charge in [-0.15, -0.1) is 0 Å². The number of carbonyl (C=O) groups is 1. The van der Waals surface area contributed by atoms with Crippen molar-refractivity contribution in [3.63, 3.8) is 0 Å². The fourth-order valence-corrected chi connectivity index (χ4v) is 1.46. The van der Waals surface area contributed by atoms with Gasteiger partial charge in [0.25, 0.3) is 0 Å². The van der Waals surface area contributed by atoms with Crippen molar-refractivity contribution in [2.75, 3.05) is 13.2 Å². The van der Waals surface area contributed by atoms with E-state index in [0.29, 0.717) is 18.8 Å². The van der Waals surface area contributed by atoms with Gasteiger partial charge in [-0.25, -0.2) is 4.79 Å². The second-order valence-electron chi connectivity index (χ2n) is 3.88. The minimum Gasteiger partial charge on any atom is -0.494 e. The maximum absolute atomic E-state index is 11.7. The molecule has 1 atom stereocenters. The Hall–Kier alpha value is -1.55. The van der Waals surface area contributed by atoms with Crippen LogP contribution in [-0.2, 0) is 15.1 Å². The third-order valence-corrected chi connectivity index (χ3v) is 2.46. The van der Waals surface area contributed by atoms with E-state index >= 15 is 0 Å². The molecule has 0 fully saturated rings. The summed E-state index contributed by atoms with van der Waals surface area (Å²) in [7, 11) is 0. The number of hydrogen-bond donors (Lipinski definition) is 1. The molecule has 1 unspecified atom stereocenters. The Morgan fingerprint density at radius 3 is 2.29 bits per heavy atom. The van der Waals surface area contributed by atoms with Crippen LogP contribution < -0.4 is 10.5 Å². The van der Waals surface area contributed by atoms with Gasteiger partial charge in [0, 0.05) is 0 Å². The first kappa shape index (κ1) is 13.5. The molecule has 0 spiro atoms. The Labute approximate surface area is 102 Å². The molecule has 17 heavy (non-hydrogen) atoms. The minimum absolute atomic E-state index is 0.322. The summed E-state index contributed by atoms with van der Waals surface area (Å²) < 4.78 is 10.3. The van der Waals surface area contributed by atoms with E-state index < -0.39 is 11.5 Å². The van der Waals surface area contributed by atoms with Crippen molar-refractivity contribution in [2.24, 2.45) is 5.73 Å². The zero-order chi connectivity index (χ0) is 12.9. The summed E-state index contributed by atoms with van der Waals surface area (Å²) in [5.41, 5.74) is 5.56. The molecule has 1 aromatic carbocycles. The number of benzene rings is 1. The van der Waals surface area contributed by atoms with Crippen LogP contribution in [0.1, 0.15) is 26.3 Å². The summed E-state index contributed by atoms with van der Waals surface area (Å²) in [6.07, 6.45) is 0. The van der Waals surface area contributed by atoms with Gasteiger partial charge >= 0.3 is 5.97 Å². The van der Waals surface area contributed by atoms with Crippen LogP contribution >= 0.6 is 0 Å². The fraction of sp³-hybridized carbons (Fsp3) is 0.462. The van der Waals surface area contributed by atoms with E-state index in [0.717, 1.165) is 5.75 Å². The van der Waals surface area contributed by atoms with Gasteiger partial charge in [-0.2, -0.15) is 0 Å². The first-order valence-electron chi connectivity index (χ1n) is 5.71. The molecule has 0 saturated heterocycles. The molecule has 0 aliphatic carbocycles. The smallest absolute Gasteiger partial charge is 0.330 e. The Morgan fingerprint density at radius 1 is 1.24 bits per heavy atom. The van der Waals surface area contributed by atoms with Gasteiger partial charge in [-0.3, -0.25) is 0 Å². The molecular formula is C13H19NO3. The number of nitrogens with two attached hydrogens (primary N) is 1. The third kappa shape index (κ3) is 3.20. The first-order chi connectivity index (χ1) is 8.02. The number of carbonyl (C=O) groups excluding carboxylic acids is 1. The van der Waals surface area contributed by atoms with Crippen LogP contribution in [0.15, 0.2) is 24.3 Å². The van der Waals surface area contributed by atoms with E-state index in [-0.39, 0.29) is 0 Å². The standard InChI is InChI=1S/C13H19NO3/c1-4-16-11-8-6-10(7-9-11)13(3,14)12(15)17-5-2/h6-9H,4-5,14H2,1-3H3. The minimum atomic E-state index is -1.12. The topological polar surface area (TPSA) is 61.5 Å². The van der Waals surface area contributed by atoms with Gasteiger partial charge in [0.15, 0.2) is 0 Å². The molecular weight excluding hydrogens is 218 g/mol. The lowest BCUT2D eigenvalue weighted by Crippen LogP contribution is -2.43. The highest BCUT2D eigenvalue weighted by Crippen LogP contribution is 2.22. The lowest BCUT2D eigenvalue weighted by atomic mass is 9.93. The SMILES string of the molecule is CCOC(=O)C(C)(N)c1ccc(OCC)cc1. The highest BCUT2D eigenvalue weighted by molar-refractivity contribution is 5.81. The van der Waals surface area contributed by atoms with E-state index in [1.165, 1.54) is 0 Å². The van der Waals surface area contributed by atoms with Crippen LogP contribution in [-0.4, -0.2) is 19.2 Å². The zero-order valence-electron chi connectivity index (χ0n) is 10.5. The van der Waals surface area contributed by atoms with E-state index in [9.17, 15) is 4.79 Å². The fourth-order valence-electron chi connectivity index (χ4n) is 1.46. The Bertz CT molecular complexity index is 371. The highest BCUT2D eigenvalue weighted by Gasteiger charge is 2.31. The largest absolute Gasteiger partial charge is 0.494 e. The van der Waals surface area contributed by atoms with Gasteiger partial charge in [0.05, 0.1) is 13.2 Å². The molecule has 94 valence electrons. The molecule has 0 amide bonds. The molecule has 0 aliphatic rings. The van der Waals surface area contributed by atoms with Crippen molar-refractivity contribution in [1.82, 2.24) is 0 Å². The molecule has 0 saturated carbocycles. The number of esters is 1. The number of ether oxygens (including phenoxy) is 2. The molecule has 1 aromatic rings. The van der Waals surface area contributed by atoms with E-state index in [1.807, 2.05) is 6.92 Å². The van der Waals surface area contributed by atoms with E-state index in [2.05, 4.69) is 0 Å². The molecule has 4 heteroatoms. The first-order valence-corrected chi connectivity index (χ1v) is 5.71. The lowest BCUT2D eigenvalue weighted by molar-refractivity contribution is -0.149. The quantitative estimate of drug-likeness (QED) is 0.793. The van der Waals surface area contributed by atoms with Gasteiger partial charge in [-0.1, -0.05) is 12.1 Å². The Kier molecular flexibility index (Phi) is 4.52. The molecule has 0 aromatic heterocycles. The van der Waals surface area contributed by atoms with Crippen molar-refractivity contribution in [2.45, 2.75) is 26.3 Å². The van der Waals surface area contributed by atoms with Crippen LogP contribution in [0.25, 0.3) is 0 Å². The van der Waals surface area contributed by atoms with Gasteiger partial charge in [0.2, 0.25) is 0 Å². The summed E-state index contributed by atoms with van der Waals surface area (Å²) in [6.45, 7) is 6.24. The van der Waals surface area contributed by atoms with Crippen molar-refractivity contribution in [3.05, 3.63) is 29.8 Å². The predicted molar refractivity (Wildman–Crippen MR) is 65.8 cm³/mol. The Balaban J connectivity index is 2.87. The van der Waals surface area contributed by atoms with Crippen molar-refractivity contribution in [1.29, 1.82) is 0 Å². The van der Waals surface area contributed by atoms with E-state index in [4.69, 9.17) is 15.2 Å². The summed E-state index contributed by atoms with van der Waals surface area (Å²) >= 11 is 0. The Morgan fingerprint density at radius 2 is 1.82 bits per heavy atom. The zero-order valence-corrected chi connectivity index (χ0v) is 10.5. The average molecular weight is 237 g/mol. The van der Waals surface area contributed by atoms with Crippen molar-refractivity contribution in [3.8, 4) is 5.75 Å². The van der Waals surface area contributed by atoms with E-state index in [1.54, 1.807) is 38.1 Å². The maximum Gasteiger partial charge on any atom is 0.330 e. The molecule has 0 aliphatic heterocycles. The molecule has 1 rings (SSSR count). The van der Waals surface area contributed by atoms with Crippen LogP contribution in [0, 0.1) is 0 Å². The van der Waals surface area contributed by atoms with Gasteiger partial charge in [-0.05, 0) is 38.5 Å².